The molecule has 2 aromatic rings. The Labute approximate surface area is 116 Å². The maximum Gasteiger partial charge on any atom is 0.172 e. The molecule has 1 unspecified atom stereocenters. The number of methoxy groups -OCH3 is 1. The van der Waals surface area contributed by atoms with E-state index in [2.05, 4.69) is 0 Å². The van der Waals surface area contributed by atoms with Gasteiger partial charge in [-0.1, -0.05) is 18.2 Å². The largest absolute Gasteiger partial charge is 0.508 e. The smallest absolute Gasteiger partial charge is 0.172 e. The standard InChI is InChI=1S/C16H14O4/c1-19-14-4-2-3-12-13(18)9-15(20-16(12)14)10-5-7-11(17)8-6-10/h2-8,15,17H,9H2,1H3. The Morgan fingerprint density at radius 2 is 1.95 bits per heavy atom. The van der Waals surface area contributed by atoms with E-state index < -0.39 is 0 Å². The second-order valence-corrected chi connectivity index (χ2v) is 4.66. The van der Waals surface area contributed by atoms with Crippen molar-refractivity contribution in [2.45, 2.75) is 12.5 Å². The van der Waals surface area contributed by atoms with Gasteiger partial charge in [0.2, 0.25) is 0 Å². The molecule has 102 valence electrons. The van der Waals surface area contributed by atoms with Crippen molar-refractivity contribution in [2.75, 3.05) is 7.11 Å². The maximum absolute atomic E-state index is 12.2. The Balaban J connectivity index is 1.99. The summed E-state index contributed by atoms with van der Waals surface area (Å²) in [6.07, 6.45) is -0.0720. The number of para-hydroxylation sites is 1. The highest BCUT2D eigenvalue weighted by Gasteiger charge is 2.29. The number of hydrogen-bond donors (Lipinski definition) is 1. The first kappa shape index (κ1) is 12.5. The van der Waals surface area contributed by atoms with Crippen LogP contribution < -0.4 is 9.47 Å². The Morgan fingerprint density at radius 1 is 1.20 bits per heavy atom. The summed E-state index contributed by atoms with van der Waals surface area (Å²) in [7, 11) is 1.55. The van der Waals surface area contributed by atoms with Gasteiger partial charge < -0.3 is 14.6 Å². The van der Waals surface area contributed by atoms with Crippen LogP contribution in [-0.4, -0.2) is 18.0 Å². The summed E-state index contributed by atoms with van der Waals surface area (Å²) in [4.78, 5) is 12.2. The molecule has 3 rings (SSSR count). The van der Waals surface area contributed by atoms with Crippen LogP contribution in [0.2, 0.25) is 0 Å². The van der Waals surface area contributed by atoms with E-state index in [9.17, 15) is 9.90 Å². The summed E-state index contributed by atoms with van der Waals surface area (Å²) in [6, 6.07) is 12.0. The highest BCUT2D eigenvalue weighted by molar-refractivity contribution is 6.00. The van der Waals surface area contributed by atoms with Gasteiger partial charge in [0.1, 0.15) is 11.9 Å². The maximum atomic E-state index is 12.2. The van der Waals surface area contributed by atoms with Gasteiger partial charge in [-0.2, -0.15) is 0 Å². The average molecular weight is 270 g/mol. The summed E-state index contributed by atoms with van der Waals surface area (Å²) >= 11 is 0. The Hall–Kier alpha value is -2.49. The van der Waals surface area contributed by atoms with Crippen LogP contribution in [0.25, 0.3) is 0 Å². The molecule has 4 nitrogen and oxygen atoms in total. The van der Waals surface area contributed by atoms with Crippen LogP contribution in [0.15, 0.2) is 42.5 Å². The van der Waals surface area contributed by atoms with E-state index in [1.807, 2.05) is 0 Å². The Bertz CT molecular complexity index is 646. The highest BCUT2D eigenvalue weighted by atomic mass is 16.5. The Kier molecular flexibility index (Phi) is 3.06. The summed E-state index contributed by atoms with van der Waals surface area (Å²) in [5, 5.41) is 9.32. The minimum atomic E-state index is -0.355. The summed E-state index contributed by atoms with van der Waals surface area (Å²) in [6.45, 7) is 0. The molecule has 0 fully saturated rings. The third-order valence-electron chi connectivity index (χ3n) is 3.40. The van der Waals surface area contributed by atoms with Gasteiger partial charge in [0, 0.05) is 0 Å². The number of Topliss-reactive ketones (excluding diaryl/α,β-unsaturated/α-hetero) is 1. The first-order chi connectivity index (χ1) is 9.69. The molecule has 0 bridgehead atoms. The highest BCUT2D eigenvalue weighted by Crippen LogP contribution is 2.40. The van der Waals surface area contributed by atoms with Crippen molar-refractivity contribution >= 4 is 5.78 Å². The molecule has 1 atom stereocenters. The summed E-state index contributed by atoms with van der Waals surface area (Å²) in [5.41, 5.74) is 1.41. The van der Waals surface area contributed by atoms with Gasteiger partial charge in [0.05, 0.1) is 19.1 Å². The van der Waals surface area contributed by atoms with Gasteiger partial charge in [-0.3, -0.25) is 4.79 Å². The minimum Gasteiger partial charge on any atom is -0.508 e. The van der Waals surface area contributed by atoms with Gasteiger partial charge in [0.25, 0.3) is 0 Å². The number of benzene rings is 2. The summed E-state index contributed by atoms with van der Waals surface area (Å²) in [5.74, 6) is 1.26. The molecule has 4 heteroatoms. The van der Waals surface area contributed by atoms with Gasteiger partial charge in [-0.15, -0.1) is 0 Å². The molecule has 0 amide bonds. The molecule has 0 saturated carbocycles. The number of carbonyl (C=O) groups excluding carboxylic acids is 1. The fourth-order valence-corrected chi connectivity index (χ4v) is 2.35. The van der Waals surface area contributed by atoms with E-state index in [1.54, 1.807) is 49.6 Å². The lowest BCUT2D eigenvalue weighted by Crippen LogP contribution is -2.20. The molecule has 0 aromatic heterocycles. The Morgan fingerprint density at radius 3 is 2.65 bits per heavy atom. The van der Waals surface area contributed by atoms with Crippen molar-refractivity contribution in [2.24, 2.45) is 0 Å². The van der Waals surface area contributed by atoms with E-state index in [0.717, 1.165) is 5.56 Å². The zero-order valence-corrected chi connectivity index (χ0v) is 11.0. The van der Waals surface area contributed by atoms with Crippen molar-refractivity contribution in [1.29, 1.82) is 0 Å². The molecule has 0 radical (unpaired) electrons. The van der Waals surface area contributed by atoms with E-state index >= 15 is 0 Å². The predicted molar refractivity (Wildman–Crippen MR) is 73.4 cm³/mol. The third kappa shape index (κ3) is 2.09. The number of carbonyl (C=O) groups is 1. The summed E-state index contributed by atoms with van der Waals surface area (Å²) < 4.78 is 11.2. The average Bonchev–Trinajstić information content (AvgIpc) is 2.47. The van der Waals surface area contributed by atoms with Gasteiger partial charge in [0.15, 0.2) is 17.3 Å². The lowest BCUT2D eigenvalue weighted by Gasteiger charge is -2.26. The van der Waals surface area contributed by atoms with E-state index in [1.165, 1.54) is 0 Å². The number of phenols is 1. The van der Waals surface area contributed by atoms with E-state index in [4.69, 9.17) is 9.47 Å². The van der Waals surface area contributed by atoms with E-state index in [0.29, 0.717) is 17.1 Å². The van der Waals surface area contributed by atoms with Crippen molar-refractivity contribution < 1.29 is 19.4 Å². The lowest BCUT2D eigenvalue weighted by molar-refractivity contribution is 0.0842. The molecule has 1 aliphatic heterocycles. The first-order valence-electron chi connectivity index (χ1n) is 6.35. The third-order valence-corrected chi connectivity index (χ3v) is 3.40. The molecule has 0 spiro atoms. The van der Waals surface area contributed by atoms with Gasteiger partial charge in [-0.05, 0) is 29.8 Å². The molecular weight excluding hydrogens is 256 g/mol. The number of fused-ring (bicyclic) bond motifs is 1. The quantitative estimate of drug-likeness (QED) is 0.911. The van der Waals surface area contributed by atoms with Crippen LogP contribution in [-0.2, 0) is 0 Å². The molecule has 0 saturated heterocycles. The molecule has 1 aliphatic rings. The lowest BCUT2D eigenvalue weighted by atomic mass is 9.96. The van der Waals surface area contributed by atoms with Crippen LogP contribution in [0, 0.1) is 0 Å². The molecule has 20 heavy (non-hydrogen) atoms. The fourth-order valence-electron chi connectivity index (χ4n) is 2.35. The first-order valence-corrected chi connectivity index (χ1v) is 6.35. The van der Waals surface area contributed by atoms with Crippen molar-refractivity contribution in [1.82, 2.24) is 0 Å². The molecule has 2 aromatic carbocycles. The van der Waals surface area contributed by atoms with Crippen molar-refractivity contribution in [3.8, 4) is 17.2 Å². The van der Waals surface area contributed by atoms with E-state index in [-0.39, 0.29) is 24.1 Å². The second kappa shape index (κ2) is 4.89. The van der Waals surface area contributed by atoms with Crippen LogP contribution in [0.5, 0.6) is 17.2 Å². The number of ketones is 1. The normalized spacial score (nSPS) is 17.2. The minimum absolute atomic E-state index is 0.0308. The van der Waals surface area contributed by atoms with Gasteiger partial charge >= 0.3 is 0 Å². The predicted octanol–water partition coefficient (Wildman–Crippen LogP) is 3.11. The second-order valence-electron chi connectivity index (χ2n) is 4.66. The monoisotopic (exact) mass is 270 g/mol. The van der Waals surface area contributed by atoms with Crippen molar-refractivity contribution in [3.05, 3.63) is 53.6 Å². The number of phenolic OH excluding ortho intramolecular Hbond substituents is 1. The van der Waals surface area contributed by atoms with Gasteiger partial charge in [-0.25, -0.2) is 0 Å². The topological polar surface area (TPSA) is 55.8 Å². The van der Waals surface area contributed by atoms with Crippen LogP contribution in [0.4, 0.5) is 0 Å². The zero-order valence-electron chi connectivity index (χ0n) is 11.0. The number of aromatic hydroxyl groups is 1. The fraction of sp³-hybridized carbons (Fsp3) is 0.188. The van der Waals surface area contributed by atoms with Crippen LogP contribution in [0.3, 0.4) is 0 Å². The molecule has 0 aliphatic carbocycles. The number of ether oxygens (including phenoxy) is 2. The van der Waals surface area contributed by atoms with Crippen LogP contribution in [0.1, 0.15) is 28.4 Å². The number of hydrogen-bond acceptors (Lipinski definition) is 4. The number of rotatable bonds is 2. The van der Waals surface area contributed by atoms with Crippen molar-refractivity contribution in [3.63, 3.8) is 0 Å². The molecule has 1 heterocycles. The zero-order chi connectivity index (χ0) is 14.1. The molecule has 1 N–H and O–H groups in total. The molecular formula is C16H14O4. The SMILES string of the molecule is COc1cccc2c1OC(c1ccc(O)cc1)CC2=O. The van der Waals surface area contributed by atoms with Crippen LogP contribution >= 0.6 is 0 Å².